The van der Waals surface area contributed by atoms with Crippen molar-refractivity contribution in [3.8, 4) is 0 Å². The molecule has 54 valence electrons. The van der Waals surface area contributed by atoms with Crippen LogP contribution in [-0.2, 0) is 4.12 Å². The summed E-state index contributed by atoms with van der Waals surface area (Å²) in [4.78, 5) is 0. The maximum Gasteiger partial charge on any atom is 0.211 e. The van der Waals surface area contributed by atoms with Crippen LogP contribution in [0.1, 0.15) is 0 Å². The maximum atomic E-state index is 5.65. The van der Waals surface area contributed by atoms with Gasteiger partial charge in [0.2, 0.25) is 18.1 Å². The molecule has 5 heteroatoms. The van der Waals surface area contributed by atoms with Gasteiger partial charge in [0, 0.05) is 0 Å². The van der Waals surface area contributed by atoms with E-state index in [1.807, 2.05) is 19.6 Å². The van der Waals surface area contributed by atoms with Crippen LogP contribution in [0.2, 0.25) is 19.6 Å². The molecule has 0 saturated carbocycles. The van der Waals surface area contributed by atoms with Gasteiger partial charge in [0.25, 0.3) is 0 Å². The van der Waals surface area contributed by atoms with Gasteiger partial charge in [0.05, 0.1) is 0 Å². The molecule has 2 radical (unpaired) electrons. The van der Waals surface area contributed by atoms with Crippen molar-refractivity contribution in [3.63, 3.8) is 0 Å². The Labute approximate surface area is 69.8 Å². The minimum absolute atomic E-state index is 0.315. The van der Waals surface area contributed by atoms with Crippen LogP contribution < -0.4 is 0 Å². The Hall–Kier alpha value is 0.974. The Morgan fingerprint density at radius 1 is 1.44 bits per heavy atom. The lowest BCUT2D eigenvalue weighted by molar-refractivity contribution is 0.597. The molecule has 0 bridgehead atoms. The molecule has 0 aliphatic heterocycles. The van der Waals surface area contributed by atoms with Crippen molar-refractivity contribution in [2.75, 3.05) is 0 Å². The topological polar surface area (TPSA) is 9.23 Å². The van der Waals surface area contributed by atoms with E-state index in [9.17, 15) is 0 Å². The smallest absolute Gasteiger partial charge is 0.211 e. The van der Waals surface area contributed by atoms with Crippen molar-refractivity contribution in [1.29, 1.82) is 0 Å². The first-order valence-corrected chi connectivity index (χ1v) is 7.90. The zero-order chi connectivity index (χ0) is 7.49. The van der Waals surface area contributed by atoms with Gasteiger partial charge in [0.1, 0.15) is 4.46 Å². The Kier molecular flexibility index (Phi) is 4.41. The van der Waals surface area contributed by atoms with Gasteiger partial charge in [-0.25, -0.2) is 0 Å². The number of hydrogen-bond donors (Lipinski definition) is 0. The standard InChI is InChI=1S/C4H10Cl2OSi2/c1-8-7-9(2,3)4(5)6/h4H,1-3H3. The third kappa shape index (κ3) is 3.62. The van der Waals surface area contributed by atoms with Crippen molar-refractivity contribution < 1.29 is 4.12 Å². The van der Waals surface area contributed by atoms with E-state index < -0.39 is 8.32 Å². The second-order valence-electron chi connectivity index (χ2n) is 2.21. The second-order valence-corrected chi connectivity index (χ2v) is 9.05. The third-order valence-corrected chi connectivity index (χ3v) is 8.02. The lowest BCUT2D eigenvalue weighted by Gasteiger charge is -2.22. The first kappa shape index (κ1) is 9.97. The van der Waals surface area contributed by atoms with Crippen molar-refractivity contribution in [2.45, 2.75) is 24.1 Å². The summed E-state index contributed by atoms with van der Waals surface area (Å²) in [6, 6.07) is 0. The van der Waals surface area contributed by atoms with E-state index >= 15 is 0 Å². The van der Waals surface area contributed by atoms with E-state index in [1.165, 1.54) is 0 Å². The number of hydrogen-bond acceptors (Lipinski definition) is 1. The molecule has 0 fully saturated rings. The second kappa shape index (κ2) is 3.98. The van der Waals surface area contributed by atoms with Crippen molar-refractivity contribution >= 4 is 41.3 Å². The highest BCUT2D eigenvalue weighted by molar-refractivity contribution is 6.89. The van der Waals surface area contributed by atoms with Crippen LogP contribution in [0, 0.1) is 0 Å². The van der Waals surface area contributed by atoms with Crippen LogP contribution in [0.3, 0.4) is 0 Å². The van der Waals surface area contributed by atoms with E-state index in [1.54, 1.807) is 0 Å². The molecule has 0 spiro atoms. The molecule has 0 aromatic carbocycles. The van der Waals surface area contributed by atoms with E-state index in [2.05, 4.69) is 0 Å². The third-order valence-electron chi connectivity index (χ3n) is 0.891. The van der Waals surface area contributed by atoms with Crippen molar-refractivity contribution in [3.05, 3.63) is 0 Å². The maximum absolute atomic E-state index is 5.65. The predicted molar refractivity (Wildman–Crippen MR) is 45.7 cm³/mol. The molecular formula is C4H10Cl2OSi2. The Morgan fingerprint density at radius 3 is 2.00 bits per heavy atom. The number of rotatable bonds is 3. The molecule has 0 rings (SSSR count). The summed E-state index contributed by atoms with van der Waals surface area (Å²) < 4.78 is 5.08. The van der Waals surface area contributed by atoms with Crippen LogP contribution in [0.4, 0.5) is 0 Å². The fourth-order valence-electron chi connectivity index (χ4n) is 0.308. The molecule has 0 amide bonds. The summed E-state index contributed by atoms with van der Waals surface area (Å²) in [5.74, 6) is 0. The average Bonchev–Trinajstić information content (AvgIpc) is 1.65. The van der Waals surface area contributed by atoms with Gasteiger partial charge in [0.15, 0.2) is 0 Å². The largest absolute Gasteiger partial charge is 0.455 e. The Balaban J connectivity index is 3.70. The summed E-state index contributed by atoms with van der Waals surface area (Å²) in [7, 11) is -1.24. The Morgan fingerprint density at radius 2 is 1.89 bits per heavy atom. The highest BCUT2D eigenvalue weighted by Crippen LogP contribution is 2.18. The minimum Gasteiger partial charge on any atom is -0.455 e. The summed E-state index contributed by atoms with van der Waals surface area (Å²) >= 11 is 11.3. The molecule has 0 aromatic rings. The molecule has 0 saturated heterocycles. The number of halogens is 2. The van der Waals surface area contributed by atoms with E-state index in [0.29, 0.717) is 9.76 Å². The van der Waals surface area contributed by atoms with Gasteiger partial charge in [-0.1, -0.05) is 0 Å². The quantitative estimate of drug-likeness (QED) is 0.502. The number of alkyl halides is 2. The molecule has 0 unspecified atom stereocenters. The van der Waals surface area contributed by atoms with Crippen molar-refractivity contribution in [2.24, 2.45) is 0 Å². The molecule has 0 heterocycles. The van der Waals surface area contributed by atoms with Gasteiger partial charge in [-0.05, 0) is 19.6 Å². The monoisotopic (exact) mass is 200 g/mol. The van der Waals surface area contributed by atoms with Crippen LogP contribution in [0.25, 0.3) is 0 Å². The van der Waals surface area contributed by atoms with Crippen molar-refractivity contribution in [1.82, 2.24) is 0 Å². The molecule has 0 aliphatic rings. The van der Waals surface area contributed by atoms with Gasteiger partial charge >= 0.3 is 0 Å². The fraction of sp³-hybridized carbons (Fsp3) is 1.00. The summed E-state index contributed by atoms with van der Waals surface area (Å²) in [5.41, 5.74) is 0. The van der Waals surface area contributed by atoms with Gasteiger partial charge in [-0.3, -0.25) is 0 Å². The summed E-state index contributed by atoms with van der Waals surface area (Å²) in [6.45, 7) is 5.99. The van der Waals surface area contributed by atoms with Crippen LogP contribution >= 0.6 is 23.2 Å². The summed E-state index contributed by atoms with van der Waals surface area (Å²) in [5, 5.41) is 0. The molecule has 1 nitrogen and oxygen atoms in total. The normalized spacial score (nSPS) is 12.7. The van der Waals surface area contributed by atoms with E-state index in [-0.39, 0.29) is 4.46 Å². The lowest BCUT2D eigenvalue weighted by atomic mass is 11.8. The fourth-order valence-corrected chi connectivity index (χ4v) is 3.57. The SMILES string of the molecule is C[Si]O[Si](C)(C)C(Cl)Cl. The highest BCUT2D eigenvalue weighted by atomic mass is 35.5. The molecule has 0 N–H and O–H groups in total. The zero-order valence-electron chi connectivity index (χ0n) is 5.74. The predicted octanol–water partition coefficient (Wildman–Crippen LogP) is 2.22. The molecule has 0 aliphatic carbocycles. The first-order valence-electron chi connectivity index (χ1n) is 2.63. The lowest BCUT2D eigenvalue weighted by Crippen LogP contribution is -2.39. The van der Waals surface area contributed by atoms with Crippen LogP contribution in [0.15, 0.2) is 0 Å². The molecule has 9 heavy (non-hydrogen) atoms. The molecule has 0 aromatic heterocycles. The van der Waals surface area contributed by atoms with E-state index in [4.69, 9.17) is 27.3 Å². The average molecular weight is 201 g/mol. The zero-order valence-corrected chi connectivity index (χ0v) is 9.25. The van der Waals surface area contributed by atoms with Crippen LogP contribution in [-0.4, -0.2) is 22.5 Å². The summed E-state index contributed by atoms with van der Waals surface area (Å²) in [6.07, 6.45) is 0. The van der Waals surface area contributed by atoms with Gasteiger partial charge < -0.3 is 4.12 Å². The van der Waals surface area contributed by atoms with Crippen LogP contribution in [0.5, 0.6) is 0 Å². The highest BCUT2D eigenvalue weighted by Gasteiger charge is 2.29. The minimum atomic E-state index is -1.74. The first-order chi connectivity index (χ1) is 4.00. The van der Waals surface area contributed by atoms with E-state index in [0.717, 1.165) is 0 Å². The molecule has 0 atom stereocenters. The van der Waals surface area contributed by atoms with Gasteiger partial charge in [-0.2, -0.15) is 0 Å². The molecular weight excluding hydrogens is 191 g/mol. The van der Waals surface area contributed by atoms with Gasteiger partial charge in [-0.15, -0.1) is 23.2 Å². The Bertz CT molecular complexity index is 86.6.